The fourth-order valence-corrected chi connectivity index (χ4v) is 4.44. The van der Waals surface area contributed by atoms with E-state index in [2.05, 4.69) is 16.2 Å². The highest BCUT2D eigenvalue weighted by molar-refractivity contribution is 7.89. The van der Waals surface area contributed by atoms with Gasteiger partial charge in [-0.25, -0.2) is 13.1 Å². The summed E-state index contributed by atoms with van der Waals surface area (Å²) in [5, 5.41) is 0. The molecule has 32 heavy (non-hydrogen) atoms. The van der Waals surface area contributed by atoms with Crippen LogP contribution < -0.4 is 4.72 Å². The molecule has 0 atom stereocenters. The minimum Gasteiger partial charge on any atom is -0.336 e. The quantitative estimate of drug-likeness (QED) is 0.636. The van der Waals surface area contributed by atoms with E-state index in [1.807, 2.05) is 0 Å². The van der Waals surface area contributed by atoms with E-state index < -0.39 is 21.8 Å². The van der Waals surface area contributed by atoms with Crippen molar-refractivity contribution in [2.24, 2.45) is 0 Å². The molecule has 0 aliphatic carbocycles. The van der Waals surface area contributed by atoms with Crippen molar-refractivity contribution in [3.05, 3.63) is 77.9 Å². The van der Waals surface area contributed by atoms with Crippen LogP contribution in [0.4, 0.5) is 13.2 Å². The number of benzene rings is 2. The summed E-state index contributed by atoms with van der Waals surface area (Å²) in [6, 6.07) is 10.9. The summed E-state index contributed by atoms with van der Waals surface area (Å²) >= 11 is 0. The summed E-state index contributed by atoms with van der Waals surface area (Å²) in [6.07, 6.45) is -2.93. The fraction of sp³-hybridized carbons (Fsp3) is 0.318. The Bertz CT molecular complexity index is 1060. The molecule has 1 aliphatic rings. The lowest BCUT2D eigenvalue weighted by molar-refractivity contribution is -0.137. The van der Waals surface area contributed by atoms with E-state index in [0.29, 0.717) is 32.7 Å². The zero-order chi connectivity index (χ0) is 23.4. The fourth-order valence-electron chi connectivity index (χ4n) is 3.40. The van der Waals surface area contributed by atoms with Gasteiger partial charge in [-0.05, 0) is 35.9 Å². The van der Waals surface area contributed by atoms with Gasteiger partial charge in [0.15, 0.2) is 0 Å². The highest BCUT2D eigenvalue weighted by Crippen LogP contribution is 2.29. The largest absolute Gasteiger partial charge is 0.416 e. The predicted octanol–water partition coefficient (Wildman–Crippen LogP) is 3.13. The summed E-state index contributed by atoms with van der Waals surface area (Å²) in [6.45, 7) is 6.04. The van der Waals surface area contributed by atoms with Crippen LogP contribution in [0, 0.1) is 0 Å². The molecule has 0 radical (unpaired) electrons. The van der Waals surface area contributed by atoms with Crippen LogP contribution in [0.5, 0.6) is 0 Å². The number of halogens is 3. The maximum absolute atomic E-state index is 12.9. The highest BCUT2D eigenvalue weighted by Gasteiger charge is 2.30. The zero-order valence-electron chi connectivity index (χ0n) is 17.3. The van der Waals surface area contributed by atoms with Crippen LogP contribution in [0.2, 0.25) is 0 Å². The summed E-state index contributed by atoms with van der Waals surface area (Å²) in [7, 11) is -3.74. The Balaban J connectivity index is 1.59. The second-order valence-electron chi connectivity index (χ2n) is 7.43. The number of carbonyl (C=O) groups excluding carboxylic acids is 1. The van der Waals surface area contributed by atoms with E-state index in [1.165, 1.54) is 36.4 Å². The van der Waals surface area contributed by atoms with E-state index >= 15 is 0 Å². The van der Waals surface area contributed by atoms with Crippen LogP contribution in [0.1, 0.15) is 21.5 Å². The van der Waals surface area contributed by atoms with Crippen LogP contribution in [0.3, 0.4) is 0 Å². The van der Waals surface area contributed by atoms with Crippen molar-refractivity contribution in [1.29, 1.82) is 0 Å². The minimum atomic E-state index is -4.36. The van der Waals surface area contributed by atoms with Crippen LogP contribution in [-0.2, 0) is 22.7 Å². The Morgan fingerprint density at radius 1 is 1.06 bits per heavy atom. The smallest absolute Gasteiger partial charge is 0.336 e. The molecule has 2 aromatic rings. The second kappa shape index (κ2) is 9.85. The first-order valence-corrected chi connectivity index (χ1v) is 11.5. The van der Waals surface area contributed by atoms with Crippen molar-refractivity contribution in [3.63, 3.8) is 0 Å². The Morgan fingerprint density at radius 3 is 2.31 bits per heavy atom. The molecule has 0 aromatic heterocycles. The van der Waals surface area contributed by atoms with Crippen LogP contribution >= 0.6 is 0 Å². The van der Waals surface area contributed by atoms with Gasteiger partial charge in [0, 0.05) is 44.8 Å². The Morgan fingerprint density at radius 2 is 1.72 bits per heavy atom. The minimum absolute atomic E-state index is 0.00568. The maximum atomic E-state index is 12.9. The molecule has 1 heterocycles. The molecule has 1 aliphatic heterocycles. The number of hydrogen-bond donors (Lipinski definition) is 1. The molecule has 10 heteroatoms. The Kier molecular flexibility index (Phi) is 7.37. The summed E-state index contributed by atoms with van der Waals surface area (Å²) in [5.41, 5.74) is 0.367. The lowest BCUT2D eigenvalue weighted by Crippen LogP contribution is -2.48. The molecule has 0 unspecified atom stereocenters. The molecule has 3 rings (SSSR count). The third kappa shape index (κ3) is 5.96. The van der Waals surface area contributed by atoms with Crippen molar-refractivity contribution in [1.82, 2.24) is 14.5 Å². The number of nitrogens with one attached hydrogen (secondary N) is 1. The number of piperazine rings is 1. The van der Waals surface area contributed by atoms with Crippen molar-refractivity contribution >= 4 is 15.9 Å². The normalized spacial score (nSPS) is 15.5. The van der Waals surface area contributed by atoms with Gasteiger partial charge >= 0.3 is 6.18 Å². The molecule has 172 valence electrons. The van der Waals surface area contributed by atoms with Crippen molar-refractivity contribution in [3.8, 4) is 0 Å². The number of alkyl halides is 3. The Labute approximate surface area is 185 Å². The van der Waals surface area contributed by atoms with E-state index in [-0.39, 0.29) is 22.9 Å². The molecule has 0 saturated carbocycles. The molecule has 1 saturated heterocycles. The number of rotatable bonds is 7. The average Bonchev–Trinajstić information content (AvgIpc) is 2.77. The van der Waals surface area contributed by atoms with E-state index in [4.69, 9.17) is 0 Å². The number of sulfonamides is 1. The lowest BCUT2D eigenvalue weighted by Gasteiger charge is -2.35. The lowest BCUT2D eigenvalue weighted by atomic mass is 10.1. The van der Waals surface area contributed by atoms with Crippen LogP contribution in [-0.4, -0.2) is 56.8 Å². The van der Waals surface area contributed by atoms with E-state index in [9.17, 15) is 26.4 Å². The molecule has 2 aromatic carbocycles. The molecule has 0 bridgehead atoms. The van der Waals surface area contributed by atoms with E-state index in [0.717, 1.165) is 17.7 Å². The summed E-state index contributed by atoms with van der Waals surface area (Å²) in [5.74, 6) is -0.264. The van der Waals surface area contributed by atoms with Crippen molar-refractivity contribution in [2.75, 3.05) is 32.7 Å². The number of nitrogens with zero attached hydrogens (tertiary/aromatic N) is 2. The first-order chi connectivity index (χ1) is 15.1. The predicted molar refractivity (Wildman–Crippen MR) is 114 cm³/mol. The molecule has 1 N–H and O–H groups in total. The summed E-state index contributed by atoms with van der Waals surface area (Å²) in [4.78, 5) is 16.6. The molecule has 6 nitrogen and oxygen atoms in total. The van der Waals surface area contributed by atoms with Gasteiger partial charge < -0.3 is 4.90 Å². The first kappa shape index (κ1) is 24.0. The van der Waals surface area contributed by atoms with Crippen molar-refractivity contribution in [2.45, 2.75) is 17.6 Å². The number of amides is 1. The third-order valence-electron chi connectivity index (χ3n) is 5.16. The molecule has 1 amide bonds. The zero-order valence-corrected chi connectivity index (χ0v) is 18.1. The van der Waals surface area contributed by atoms with Gasteiger partial charge in [-0.15, -0.1) is 6.58 Å². The maximum Gasteiger partial charge on any atom is 0.416 e. The topological polar surface area (TPSA) is 69.7 Å². The van der Waals surface area contributed by atoms with Gasteiger partial charge in [0.05, 0.1) is 10.5 Å². The van der Waals surface area contributed by atoms with E-state index in [1.54, 1.807) is 11.0 Å². The highest BCUT2D eigenvalue weighted by atomic mass is 32.2. The summed E-state index contributed by atoms with van der Waals surface area (Å²) < 4.78 is 65.0. The Hall–Kier alpha value is -2.69. The molecule has 0 spiro atoms. The second-order valence-corrected chi connectivity index (χ2v) is 9.20. The van der Waals surface area contributed by atoms with Gasteiger partial charge in [0.25, 0.3) is 5.91 Å². The standard InChI is InChI=1S/C22H24F3N3O3S/c1-2-10-26-32(30,31)20-5-3-4-18(15-20)21(29)28-13-11-27(12-14-28)16-17-6-8-19(9-7-17)22(23,24)25/h2-9,15,26H,1,10-14,16H2. The van der Waals surface area contributed by atoms with Crippen LogP contribution in [0.15, 0.2) is 66.1 Å². The van der Waals surface area contributed by atoms with Gasteiger partial charge in [0.1, 0.15) is 0 Å². The first-order valence-electron chi connectivity index (χ1n) is 9.98. The van der Waals surface area contributed by atoms with Gasteiger partial charge in [0.2, 0.25) is 10.0 Å². The number of hydrogen-bond acceptors (Lipinski definition) is 4. The monoisotopic (exact) mass is 467 g/mol. The van der Waals surface area contributed by atoms with Gasteiger partial charge in [-0.3, -0.25) is 9.69 Å². The van der Waals surface area contributed by atoms with Crippen molar-refractivity contribution < 1.29 is 26.4 Å². The average molecular weight is 468 g/mol. The molecule has 1 fully saturated rings. The number of carbonyl (C=O) groups is 1. The van der Waals surface area contributed by atoms with Crippen LogP contribution in [0.25, 0.3) is 0 Å². The van der Waals surface area contributed by atoms with Gasteiger partial charge in [-0.2, -0.15) is 13.2 Å². The van der Waals surface area contributed by atoms with Gasteiger partial charge in [-0.1, -0.05) is 24.3 Å². The molecular formula is C22H24F3N3O3S. The SMILES string of the molecule is C=CCNS(=O)(=O)c1cccc(C(=O)N2CCN(Cc3ccc(C(F)(F)F)cc3)CC2)c1. The third-order valence-corrected chi connectivity index (χ3v) is 6.58. The molecular weight excluding hydrogens is 443 g/mol.